The van der Waals surface area contributed by atoms with Crippen LogP contribution in [-0.4, -0.2) is 28.9 Å². The van der Waals surface area contributed by atoms with Crippen LogP contribution in [0.2, 0.25) is 0 Å². The summed E-state index contributed by atoms with van der Waals surface area (Å²) in [6.45, 7) is 1.70. The number of piperidine rings is 1. The number of aromatic nitrogens is 1. The number of nitrogens with zero attached hydrogens (tertiary/aromatic N) is 2. The fraction of sp³-hybridized carbons (Fsp3) is 0.429. The van der Waals surface area contributed by atoms with Gasteiger partial charge in [-0.15, -0.1) is 0 Å². The van der Waals surface area contributed by atoms with E-state index >= 15 is 0 Å². The number of carbonyl (C=O) groups is 1. The summed E-state index contributed by atoms with van der Waals surface area (Å²) in [6, 6.07) is 10.7. The number of benzene rings is 1. The summed E-state index contributed by atoms with van der Waals surface area (Å²) in [5, 5.41) is 0. The lowest BCUT2D eigenvalue weighted by molar-refractivity contribution is -0.133. The summed E-state index contributed by atoms with van der Waals surface area (Å²) >= 11 is 0. The first kappa shape index (κ1) is 17.6. The van der Waals surface area contributed by atoms with E-state index < -0.39 is 0 Å². The number of amides is 1. The van der Waals surface area contributed by atoms with Crippen molar-refractivity contribution in [2.45, 2.75) is 38.5 Å². The Labute approximate surface area is 148 Å². The van der Waals surface area contributed by atoms with Crippen LogP contribution in [0.3, 0.4) is 0 Å². The van der Waals surface area contributed by atoms with E-state index in [1.54, 1.807) is 18.3 Å². The average molecular weight is 340 g/mol. The molecule has 3 nitrogen and oxygen atoms in total. The Morgan fingerprint density at radius 3 is 2.88 bits per heavy atom. The number of likely N-dealkylation sites (tertiary alicyclic amines) is 1. The second kappa shape index (κ2) is 8.75. The third-order valence-corrected chi connectivity index (χ3v) is 4.95. The Bertz CT molecular complexity index is 689. The monoisotopic (exact) mass is 340 g/mol. The van der Waals surface area contributed by atoms with E-state index in [0.29, 0.717) is 12.3 Å². The van der Waals surface area contributed by atoms with Gasteiger partial charge in [0.1, 0.15) is 5.82 Å². The first-order valence-electron chi connectivity index (χ1n) is 9.12. The molecule has 1 unspecified atom stereocenters. The van der Waals surface area contributed by atoms with Gasteiger partial charge in [-0.05, 0) is 67.3 Å². The molecule has 2 aromatic rings. The quantitative estimate of drug-likeness (QED) is 0.795. The van der Waals surface area contributed by atoms with Crippen LogP contribution in [0.1, 0.15) is 36.8 Å². The highest BCUT2D eigenvalue weighted by molar-refractivity contribution is 5.76. The lowest BCUT2D eigenvalue weighted by atomic mass is 9.91. The number of rotatable bonds is 6. The molecule has 1 aromatic carbocycles. The van der Waals surface area contributed by atoms with Gasteiger partial charge in [-0.2, -0.15) is 0 Å². The van der Waals surface area contributed by atoms with Gasteiger partial charge in [0, 0.05) is 31.9 Å². The van der Waals surface area contributed by atoms with Gasteiger partial charge in [0.05, 0.1) is 0 Å². The minimum absolute atomic E-state index is 0.173. The first-order valence-corrected chi connectivity index (χ1v) is 9.12. The number of carbonyl (C=O) groups excluding carboxylic acids is 1. The summed E-state index contributed by atoms with van der Waals surface area (Å²) in [5.41, 5.74) is 2.15. The van der Waals surface area contributed by atoms with Gasteiger partial charge in [-0.1, -0.05) is 18.2 Å². The summed E-state index contributed by atoms with van der Waals surface area (Å²) in [4.78, 5) is 18.6. The number of hydrogen-bond donors (Lipinski definition) is 0. The van der Waals surface area contributed by atoms with Crippen LogP contribution in [0.5, 0.6) is 0 Å². The Kier molecular flexibility index (Phi) is 6.15. The van der Waals surface area contributed by atoms with Gasteiger partial charge >= 0.3 is 0 Å². The molecule has 1 saturated heterocycles. The molecule has 0 N–H and O–H groups in total. The SMILES string of the molecule is O=C(CCc1cccnc1)N1CCCC(CCc2cccc(F)c2)C1. The molecule has 1 aromatic heterocycles. The van der Waals surface area contributed by atoms with Crippen molar-refractivity contribution in [2.24, 2.45) is 5.92 Å². The highest BCUT2D eigenvalue weighted by Crippen LogP contribution is 2.22. The largest absolute Gasteiger partial charge is 0.342 e. The van der Waals surface area contributed by atoms with Crippen molar-refractivity contribution >= 4 is 5.91 Å². The van der Waals surface area contributed by atoms with Crippen LogP contribution in [0.4, 0.5) is 4.39 Å². The molecule has 0 radical (unpaired) electrons. The Morgan fingerprint density at radius 1 is 1.20 bits per heavy atom. The first-order chi connectivity index (χ1) is 12.2. The van der Waals surface area contributed by atoms with Crippen molar-refractivity contribution in [3.63, 3.8) is 0 Å². The Morgan fingerprint density at radius 2 is 2.08 bits per heavy atom. The van der Waals surface area contributed by atoms with Crippen LogP contribution in [0.25, 0.3) is 0 Å². The average Bonchev–Trinajstić information content (AvgIpc) is 2.65. The molecule has 1 amide bonds. The second-order valence-electron chi connectivity index (χ2n) is 6.88. The molecule has 3 rings (SSSR count). The maximum Gasteiger partial charge on any atom is 0.222 e. The standard InChI is InChI=1S/C21H25FN2O/c22-20-7-1-4-17(14-20)8-9-19-6-3-13-24(16-19)21(25)11-10-18-5-2-12-23-15-18/h1-2,4-5,7,12,14-15,19H,3,6,8-11,13,16H2. The van der Waals surface area contributed by atoms with E-state index in [-0.39, 0.29) is 11.7 Å². The minimum Gasteiger partial charge on any atom is -0.342 e. The highest BCUT2D eigenvalue weighted by atomic mass is 19.1. The molecule has 25 heavy (non-hydrogen) atoms. The van der Waals surface area contributed by atoms with Crippen molar-refractivity contribution < 1.29 is 9.18 Å². The fourth-order valence-electron chi connectivity index (χ4n) is 3.55. The third kappa shape index (κ3) is 5.38. The van der Waals surface area contributed by atoms with Crippen LogP contribution in [-0.2, 0) is 17.6 Å². The van der Waals surface area contributed by atoms with E-state index in [0.717, 1.165) is 56.3 Å². The summed E-state index contributed by atoms with van der Waals surface area (Å²) in [6.07, 6.45) is 8.97. The van der Waals surface area contributed by atoms with Gasteiger partial charge < -0.3 is 4.90 Å². The van der Waals surface area contributed by atoms with Crippen LogP contribution in [0.15, 0.2) is 48.8 Å². The lowest BCUT2D eigenvalue weighted by Gasteiger charge is -2.33. The molecular weight excluding hydrogens is 315 g/mol. The number of hydrogen-bond acceptors (Lipinski definition) is 2. The second-order valence-corrected chi connectivity index (χ2v) is 6.88. The number of pyridine rings is 1. The molecular formula is C21H25FN2O. The molecule has 0 spiro atoms. The summed E-state index contributed by atoms with van der Waals surface area (Å²) in [5.74, 6) is 0.576. The van der Waals surface area contributed by atoms with Crippen molar-refractivity contribution in [3.05, 3.63) is 65.7 Å². The maximum absolute atomic E-state index is 13.3. The van der Waals surface area contributed by atoms with Crippen molar-refractivity contribution in [1.82, 2.24) is 9.88 Å². The van der Waals surface area contributed by atoms with Crippen LogP contribution in [0, 0.1) is 11.7 Å². The highest BCUT2D eigenvalue weighted by Gasteiger charge is 2.23. The van der Waals surface area contributed by atoms with Gasteiger partial charge in [0.2, 0.25) is 5.91 Å². The molecule has 1 fully saturated rings. The summed E-state index contributed by atoms with van der Waals surface area (Å²) in [7, 11) is 0. The molecule has 1 atom stereocenters. The van der Waals surface area contributed by atoms with Gasteiger partial charge in [0.15, 0.2) is 0 Å². The zero-order valence-electron chi connectivity index (χ0n) is 14.5. The van der Waals surface area contributed by atoms with Gasteiger partial charge in [0.25, 0.3) is 0 Å². The van der Waals surface area contributed by atoms with Crippen LogP contribution < -0.4 is 0 Å². The smallest absolute Gasteiger partial charge is 0.222 e. The van der Waals surface area contributed by atoms with E-state index in [9.17, 15) is 9.18 Å². The van der Waals surface area contributed by atoms with E-state index in [1.807, 2.05) is 29.3 Å². The topological polar surface area (TPSA) is 33.2 Å². The number of aryl methyl sites for hydroxylation is 2. The molecule has 2 heterocycles. The predicted octanol–water partition coefficient (Wildman–Crippen LogP) is 4.02. The predicted molar refractivity (Wildman–Crippen MR) is 96.6 cm³/mol. The van der Waals surface area contributed by atoms with Crippen LogP contribution >= 0.6 is 0 Å². The van der Waals surface area contributed by atoms with Gasteiger partial charge in [-0.25, -0.2) is 4.39 Å². The van der Waals surface area contributed by atoms with Crippen molar-refractivity contribution in [1.29, 1.82) is 0 Å². The van der Waals surface area contributed by atoms with Gasteiger partial charge in [-0.3, -0.25) is 9.78 Å². The zero-order valence-corrected chi connectivity index (χ0v) is 14.5. The fourth-order valence-corrected chi connectivity index (χ4v) is 3.55. The molecule has 0 saturated carbocycles. The van der Waals surface area contributed by atoms with E-state index in [2.05, 4.69) is 4.98 Å². The van der Waals surface area contributed by atoms with E-state index in [4.69, 9.17) is 0 Å². The Balaban J connectivity index is 1.46. The van der Waals surface area contributed by atoms with Crippen molar-refractivity contribution in [2.75, 3.05) is 13.1 Å². The minimum atomic E-state index is -0.173. The maximum atomic E-state index is 13.3. The van der Waals surface area contributed by atoms with E-state index in [1.165, 1.54) is 6.07 Å². The number of halogens is 1. The normalized spacial score (nSPS) is 17.5. The third-order valence-electron chi connectivity index (χ3n) is 4.95. The van der Waals surface area contributed by atoms with Crippen molar-refractivity contribution in [3.8, 4) is 0 Å². The Hall–Kier alpha value is -2.23. The molecule has 4 heteroatoms. The zero-order chi connectivity index (χ0) is 17.5. The molecule has 1 aliphatic heterocycles. The molecule has 1 aliphatic rings. The molecule has 0 bridgehead atoms. The summed E-state index contributed by atoms with van der Waals surface area (Å²) < 4.78 is 13.3. The molecule has 132 valence electrons. The lowest BCUT2D eigenvalue weighted by Crippen LogP contribution is -2.40. The molecule has 0 aliphatic carbocycles.